The molecule has 1 aromatic rings. The van der Waals surface area contributed by atoms with Gasteiger partial charge in [0.1, 0.15) is 5.75 Å². The van der Waals surface area contributed by atoms with Crippen molar-refractivity contribution in [3.05, 3.63) is 29.3 Å². The van der Waals surface area contributed by atoms with E-state index in [4.69, 9.17) is 4.74 Å². The van der Waals surface area contributed by atoms with E-state index in [1.165, 1.54) is 89.9 Å². The molecule has 0 aliphatic heterocycles. The minimum Gasteiger partial charge on any atom is -0.490 e. The Hall–Kier alpha value is -0.980. The van der Waals surface area contributed by atoms with Gasteiger partial charge >= 0.3 is 0 Å². The summed E-state index contributed by atoms with van der Waals surface area (Å²) in [5, 5.41) is 0. The van der Waals surface area contributed by atoms with Gasteiger partial charge in [-0.3, -0.25) is 0 Å². The Balaban J connectivity index is 1.24. The summed E-state index contributed by atoms with van der Waals surface area (Å²) in [7, 11) is 0. The quantitative estimate of drug-likeness (QED) is 0.493. The fourth-order valence-corrected chi connectivity index (χ4v) is 9.37. The van der Waals surface area contributed by atoms with Gasteiger partial charge in [0, 0.05) is 0 Å². The Bertz CT molecular complexity index is 786. The average Bonchev–Trinajstić information content (AvgIpc) is 3.50. The highest BCUT2D eigenvalue weighted by atomic mass is 16.5. The molecule has 1 heteroatoms. The van der Waals surface area contributed by atoms with Crippen LogP contribution >= 0.6 is 0 Å². The first kappa shape index (κ1) is 19.7. The second kappa shape index (κ2) is 7.28. The van der Waals surface area contributed by atoms with Crippen molar-refractivity contribution < 1.29 is 4.74 Å². The van der Waals surface area contributed by atoms with Crippen LogP contribution in [0.15, 0.2) is 18.2 Å². The molecule has 1 aromatic carbocycles. The summed E-state index contributed by atoms with van der Waals surface area (Å²) in [4.78, 5) is 0. The van der Waals surface area contributed by atoms with Crippen molar-refractivity contribution in [2.24, 2.45) is 28.6 Å². The molecule has 5 aliphatic carbocycles. The molecule has 5 aliphatic rings. The third-order valence-corrected chi connectivity index (χ3v) is 11.2. The second-order valence-electron chi connectivity index (χ2n) is 12.2. The molecule has 0 radical (unpaired) electrons. The first-order valence-corrected chi connectivity index (χ1v) is 13.4. The number of ether oxygens (including phenoxy) is 1. The van der Waals surface area contributed by atoms with Crippen LogP contribution in [0.5, 0.6) is 5.75 Å². The minimum atomic E-state index is 0.474. The Labute approximate surface area is 184 Å². The third kappa shape index (κ3) is 2.86. The standard InChI is InChI=1S/C29H42O/c1-28(21-7-3-4-8-21)18-16-27-26-13-11-20-19-23(30-22-9-5-6-10-22)12-14-24(20)25(26)15-17-29(27,28)2/h12,14,19,21-22,25-27H,3-11,13,15-18H2,1-2H3/t25-,26-,27+,28-,29+/m1/s1. The van der Waals surface area contributed by atoms with Crippen molar-refractivity contribution in [1.82, 2.24) is 0 Å². The Morgan fingerprint density at radius 1 is 0.800 bits per heavy atom. The first-order chi connectivity index (χ1) is 14.6. The van der Waals surface area contributed by atoms with E-state index in [-0.39, 0.29) is 0 Å². The zero-order chi connectivity index (χ0) is 20.3. The molecule has 1 nitrogen and oxygen atoms in total. The van der Waals surface area contributed by atoms with Crippen molar-refractivity contribution in [2.75, 3.05) is 0 Å². The number of fused-ring (bicyclic) bond motifs is 5. The zero-order valence-corrected chi connectivity index (χ0v) is 19.4. The molecule has 30 heavy (non-hydrogen) atoms. The van der Waals surface area contributed by atoms with Crippen LogP contribution in [0.4, 0.5) is 0 Å². The normalized spacial score (nSPS) is 41.5. The van der Waals surface area contributed by atoms with Gasteiger partial charge in [-0.2, -0.15) is 0 Å². The largest absolute Gasteiger partial charge is 0.490 e. The third-order valence-electron chi connectivity index (χ3n) is 11.2. The summed E-state index contributed by atoms with van der Waals surface area (Å²) in [6, 6.07) is 7.21. The van der Waals surface area contributed by atoms with E-state index in [2.05, 4.69) is 32.0 Å². The van der Waals surface area contributed by atoms with Gasteiger partial charge in [0.05, 0.1) is 6.10 Å². The highest BCUT2D eigenvalue weighted by Crippen LogP contribution is 2.70. The number of hydrogen-bond donors (Lipinski definition) is 0. The summed E-state index contributed by atoms with van der Waals surface area (Å²) in [6.07, 6.45) is 20.3. The van der Waals surface area contributed by atoms with Crippen molar-refractivity contribution >= 4 is 0 Å². The van der Waals surface area contributed by atoms with Crippen LogP contribution in [0.1, 0.15) is 114 Å². The van der Waals surface area contributed by atoms with Crippen LogP contribution in [0.3, 0.4) is 0 Å². The lowest BCUT2D eigenvalue weighted by Crippen LogP contribution is -2.48. The Morgan fingerprint density at radius 2 is 1.53 bits per heavy atom. The summed E-state index contributed by atoms with van der Waals surface area (Å²) >= 11 is 0. The van der Waals surface area contributed by atoms with Crippen molar-refractivity contribution in [3.8, 4) is 5.75 Å². The summed E-state index contributed by atoms with van der Waals surface area (Å²) < 4.78 is 6.35. The van der Waals surface area contributed by atoms with Crippen LogP contribution < -0.4 is 4.74 Å². The van der Waals surface area contributed by atoms with Crippen LogP contribution in [-0.2, 0) is 6.42 Å². The number of benzene rings is 1. The Morgan fingerprint density at radius 3 is 2.33 bits per heavy atom. The highest BCUT2D eigenvalue weighted by Gasteiger charge is 2.61. The predicted octanol–water partition coefficient (Wildman–Crippen LogP) is 8.06. The van der Waals surface area contributed by atoms with Gasteiger partial charge < -0.3 is 4.74 Å². The summed E-state index contributed by atoms with van der Waals surface area (Å²) in [6.45, 7) is 5.44. The van der Waals surface area contributed by atoms with Gasteiger partial charge in [0.25, 0.3) is 0 Å². The van der Waals surface area contributed by atoms with E-state index in [9.17, 15) is 0 Å². The fourth-order valence-electron chi connectivity index (χ4n) is 9.37. The summed E-state index contributed by atoms with van der Waals surface area (Å²) in [5.41, 5.74) is 4.51. The average molecular weight is 407 g/mol. The van der Waals surface area contributed by atoms with Crippen LogP contribution in [0.25, 0.3) is 0 Å². The van der Waals surface area contributed by atoms with E-state index >= 15 is 0 Å². The SMILES string of the molecule is C[C@]12CC[C@@H]3c4ccc(OC5CCCC5)cc4CC[C@H]3[C@@H]1CC[C@]2(C)C1CCCC1. The number of hydrogen-bond acceptors (Lipinski definition) is 1. The molecule has 164 valence electrons. The van der Waals surface area contributed by atoms with E-state index in [1.54, 1.807) is 11.1 Å². The second-order valence-corrected chi connectivity index (χ2v) is 12.2. The maximum Gasteiger partial charge on any atom is 0.120 e. The van der Waals surface area contributed by atoms with E-state index in [0.717, 1.165) is 29.4 Å². The Kier molecular flexibility index (Phi) is 4.78. The van der Waals surface area contributed by atoms with Crippen molar-refractivity contribution in [3.63, 3.8) is 0 Å². The van der Waals surface area contributed by atoms with Gasteiger partial charge in [-0.05, 0) is 135 Å². The molecule has 0 unspecified atom stereocenters. The van der Waals surface area contributed by atoms with Gasteiger partial charge in [-0.25, -0.2) is 0 Å². The first-order valence-electron chi connectivity index (χ1n) is 13.4. The molecule has 0 heterocycles. The number of aryl methyl sites for hydroxylation is 1. The van der Waals surface area contributed by atoms with Crippen molar-refractivity contribution in [2.45, 2.75) is 116 Å². The molecule has 0 amide bonds. The maximum atomic E-state index is 6.35. The molecule has 0 bridgehead atoms. The van der Waals surface area contributed by atoms with E-state index < -0.39 is 0 Å². The number of rotatable bonds is 3. The highest BCUT2D eigenvalue weighted by molar-refractivity contribution is 5.41. The minimum absolute atomic E-state index is 0.474. The zero-order valence-electron chi connectivity index (χ0n) is 19.4. The van der Waals surface area contributed by atoms with Crippen LogP contribution in [0.2, 0.25) is 0 Å². The molecule has 0 aromatic heterocycles. The molecule has 4 saturated carbocycles. The monoisotopic (exact) mass is 406 g/mol. The van der Waals surface area contributed by atoms with Gasteiger partial charge in [-0.15, -0.1) is 0 Å². The molecule has 0 saturated heterocycles. The molecule has 0 N–H and O–H groups in total. The molecule has 0 spiro atoms. The van der Waals surface area contributed by atoms with E-state index in [1.807, 2.05) is 0 Å². The van der Waals surface area contributed by atoms with Gasteiger partial charge in [0.15, 0.2) is 0 Å². The van der Waals surface area contributed by atoms with E-state index in [0.29, 0.717) is 16.9 Å². The van der Waals surface area contributed by atoms with Gasteiger partial charge in [-0.1, -0.05) is 32.8 Å². The lowest BCUT2D eigenvalue weighted by molar-refractivity contribution is -0.0485. The molecule has 6 rings (SSSR count). The molecule has 4 fully saturated rings. The smallest absolute Gasteiger partial charge is 0.120 e. The van der Waals surface area contributed by atoms with Gasteiger partial charge in [0.2, 0.25) is 0 Å². The summed E-state index contributed by atoms with van der Waals surface area (Å²) in [5.74, 6) is 4.87. The lowest BCUT2D eigenvalue weighted by atomic mass is 9.49. The molecular weight excluding hydrogens is 364 g/mol. The fraction of sp³-hybridized carbons (Fsp3) is 0.793. The van der Waals surface area contributed by atoms with Crippen LogP contribution in [0, 0.1) is 28.6 Å². The van der Waals surface area contributed by atoms with Crippen LogP contribution in [-0.4, -0.2) is 6.10 Å². The maximum absolute atomic E-state index is 6.35. The lowest BCUT2D eigenvalue weighted by Gasteiger charge is -2.56. The van der Waals surface area contributed by atoms with Crippen molar-refractivity contribution in [1.29, 1.82) is 0 Å². The topological polar surface area (TPSA) is 9.23 Å². The molecular formula is C29H42O. The predicted molar refractivity (Wildman–Crippen MR) is 124 cm³/mol. The molecule has 5 atom stereocenters.